The van der Waals surface area contributed by atoms with Crippen LogP contribution in [0.15, 0.2) is 18.2 Å². The molecule has 0 spiro atoms. The fourth-order valence-corrected chi connectivity index (χ4v) is 4.35. The average Bonchev–Trinajstić information content (AvgIpc) is 2.99. The van der Waals surface area contributed by atoms with Crippen LogP contribution in [-0.2, 0) is 23.2 Å². The van der Waals surface area contributed by atoms with Gasteiger partial charge in [0.25, 0.3) is 0 Å². The van der Waals surface area contributed by atoms with Crippen molar-refractivity contribution in [3.63, 3.8) is 0 Å². The molecule has 4 nitrogen and oxygen atoms in total. The Morgan fingerprint density at radius 3 is 3.09 bits per heavy atom. The minimum Gasteiger partial charge on any atom is -0.481 e. The first-order chi connectivity index (χ1) is 10.9. The lowest BCUT2D eigenvalue weighted by Crippen LogP contribution is -2.14. The van der Waals surface area contributed by atoms with Gasteiger partial charge in [0.05, 0.1) is 6.42 Å². The number of rotatable bonds is 4. The van der Waals surface area contributed by atoms with Crippen LogP contribution >= 0.6 is 23.8 Å². The molecule has 1 aromatic heterocycles. The monoisotopic (exact) mass is 352 g/mol. The normalized spacial score (nSPS) is 24.3. The Bertz CT molecular complexity index is 891. The Hall–Kier alpha value is -1.66. The number of carboxylic acids is 1. The summed E-state index contributed by atoms with van der Waals surface area (Å²) in [5.74, 6) is -0.915. The Balaban J connectivity index is 1.73. The first-order valence-corrected chi connectivity index (χ1v) is 8.20. The third-order valence-corrected chi connectivity index (χ3v) is 5.56. The van der Waals surface area contributed by atoms with Gasteiger partial charge >= 0.3 is 5.97 Å². The van der Waals surface area contributed by atoms with Crippen LogP contribution in [0.25, 0.3) is 0 Å². The quantitative estimate of drug-likeness (QED) is 0.823. The van der Waals surface area contributed by atoms with E-state index >= 15 is 0 Å². The zero-order valence-electron chi connectivity index (χ0n) is 12.1. The molecule has 0 bridgehead atoms. The molecule has 0 unspecified atom stereocenters. The van der Waals surface area contributed by atoms with Crippen molar-refractivity contribution in [1.29, 1.82) is 0 Å². The second-order valence-corrected chi connectivity index (χ2v) is 7.13. The summed E-state index contributed by atoms with van der Waals surface area (Å²) in [5, 5.41) is 9.41. The van der Waals surface area contributed by atoms with Gasteiger partial charge in [-0.05, 0) is 48.8 Å². The zero-order chi connectivity index (χ0) is 16.4. The molecule has 1 saturated carbocycles. The highest BCUT2D eigenvalue weighted by Crippen LogP contribution is 2.66. The molecule has 2 N–H and O–H groups in total. The van der Waals surface area contributed by atoms with Crippen LogP contribution in [0.5, 0.6) is 0 Å². The predicted octanol–water partition coefficient (Wildman–Crippen LogP) is 3.79. The van der Waals surface area contributed by atoms with Crippen LogP contribution < -0.4 is 0 Å². The topological polar surface area (TPSA) is 58.0 Å². The van der Waals surface area contributed by atoms with Crippen molar-refractivity contribution < 1.29 is 14.3 Å². The maximum absolute atomic E-state index is 14.3. The second kappa shape index (κ2) is 4.92. The number of aromatic nitrogens is 2. The zero-order valence-corrected chi connectivity index (χ0v) is 13.7. The molecule has 23 heavy (non-hydrogen) atoms. The number of hydrogen-bond acceptors (Lipinski definition) is 2. The van der Waals surface area contributed by atoms with E-state index < -0.39 is 5.97 Å². The van der Waals surface area contributed by atoms with E-state index in [4.69, 9.17) is 28.9 Å². The van der Waals surface area contributed by atoms with Gasteiger partial charge in [-0.2, -0.15) is 0 Å². The van der Waals surface area contributed by atoms with Crippen LogP contribution in [0.3, 0.4) is 0 Å². The molecule has 0 saturated heterocycles. The van der Waals surface area contributed by atoms with Gasteiger partial charge in [0.1, 0.15) is 5.82 Å². The SMILES string of the molecule is O=C(O)CCc1[nH]c(=S)n2c1[C@@H]1C[C@]1(c1cc(Cl)ccc1F)C2. The smallest absolute Gasteiger partial charge is 0.303 e. The molecule has 7 heteroatoms. The molecular weight excluding hydrogens is 339 g/mol. The maximum Gasteiger partial charge on any atom is 0.303 e. The molecule has 2 atom stereocenters. The Labute approximate surface area is 141 Å². The number of nitrogens with one attached hydrogen (secondary N) is 1. The number of carboxylic acid groups (broad SMARTS) is 1. The minimum absolute atomic E-state index is 0.0491. The van der Waals surface area contributed by atoms with E-state index in [-0.39, 0.29) is 23.6 Å². The Morgan fingerprint density at radius 1 is 1.57 bits per heavy atom. The summed E-state index contributed by atoms with van der Waals surface area (Å²) in [4.78, 5) is 13.9. The maximum atomic E-state index is 14.3. The van der Waals surface area contributed by atoms with Crippen LogP contribution in [0, 0.1) is 10.6 Å². The van der Waals surface area contributed by atoms with Gasteiger partial charge in [-0.3, -0.25) is 4.79 Å². The summed E-state index contributed by atoms with van der Waals surface area (Å²) in [6.07, 6.45) is 1.30. The lowest BCUT2D eigenvalue weighted by Gasteiger charge is -2.14. The van der Waals surface area contributed by atoms with Crippen molar-refractivity contribution >= 4 is 29.8 Å². The van der Waals surface area contributed by atoms with E-state index in [1.807, 2.05) is 4.57 Å². The van der Waals surface area contributed by atoms with E-state index in [0.29, 0.717) is 28.3 Å². The van der Waals surface area contributed by atoms with Gasteiger partial charge in [0.15, 0.2) is 4.77 Å². The molecule has 2 aliphatic rings. The standard InChI is InChI=1S/C16H14ClFN2O2S/c17-8-1-2-11(18)9(5-8)16-6-10(16)14-12(3-4-13(21)22)19-15(23)20(14)7-16/h1-2,5,10H,3-4,6-7H2,(H,19,23)(H,21,22)/t10-,16+/m0/s1. The predicted molar refractivity (Wildman–Crippen MR) is 86.0 cm³/mol. The second-order valence-electron chi connectivity index (χ2n) is 6.31. The third-order valence-electron chi connectivity index (χ3n) is 5.00. The molecular formula is C16H14ClFN2O2S. The van der Waals surface area contributed by atoms with Crippen LogP contribution in [0.1, 0.15) is 35.7 Å². The van der Waals surface area contributed by atoms with Gasteiger partial charge in [0, 0.05) is 34.3 Å². The van der Waals surface area contributed by atoms with E-state index in [1.165, 1.54) is 6.07 Å². The molecule has 1 aromatic carbocycles. The van der Waals surface area contributed by atoms with Crippen molar-refractivity contribution in [3.8, 4) is 0 Å². The summed E-state index contributed by atoms with van der Waals surface area (Å²) < 4.78 is 16.9. The highest BCUT2D eigenvalue weighted by Gasteiger charge is 2.63. The fourth-order valence-electron chi connectivity index (χ4n) is 3.89. The summed E-state index contributed by atoms with van der Waals surface area (Å²) in [6.45, 7) is 0.618. The number of aryl methyl sites for hydroxylation is 1. The molecule has 0 amide bonds. The number of imidazole rings is 1. The summed E-state index contributed by atoms with van der Waals surface area (Å²) in [7, 11) is 0. The largest absolute Gasteiger partial charge is 0.481 e. The summed E-state index contributed by atoms with van der Waals surface area (Å²) >= 11 is 11.4. The van der Waals surface area contributed by atoms with E-state index in [9.17, 15) is 9.18 Å². The molecule has 2 heterocycles. The number of carbonyl (C=O) groups is 1. The highest BCUT2D eigenvalue weighted by atomic mass is 35.5. The van der Waals surface area contributed by atoms with Crippen LogP contribution in [0.4, 0.5) is 4.39 Å². The van der Waals surface area contributed by atoms with Crippen molar-refractivity contribution in [2.75, 3.05) is 0 Å². The number of aliphatic carboxylic acids is 1. The van der Waals surface area contributed by atoms with Gasteiger partial charge in [-0.25, -0.2) is 4.39 Å². The molecule has 1 fully saturated rings. The van der Waals surface area contributed by atoms with Gasteiger partial charge in [-0.1, -0.05) is 11.6 Å². The first kappa shape index (κ1) is 14.9. The van der Waals surface area contributed by atoms with Crippen molar-refractivity contribution in [3.05, 3.63) is 50.8 Å². The molecule has 4 rings (SSSR count). The van der Waals surface area contributed by atoms with Gasteiger partial charge < -0.3 is 14.7 Å². The number of H-pyrrole nitrogens is 1. The Kier molecular flexibility index (Phi) is 3.19. The summed E-state index contributed by atoms with van der Waals surface area (Å²) in [6, 6.07) is 4.66. The number of benzene rings is 1. The van der Waals surface area contributed by atoms with Crippen LogP contribution in [-0.4, -0.2) is 20.6 Å². The average molecular weight is 353 g/mol. The van der Waals surface area contributed by atoms with E-state index in [1.54, 1.807) is 12.1 Å². The fraction of sp³-hybridized carbons (Fsp3) is 0.375. The van der Waals surface area contributed by atoms with E-state index in [2.05, 4.69) is 4.98 Å². The molecule has 0 radical (unpaired) electrons. The molecule has 1 aliphatic carbocycles. The number of fused-ring (bicyclic) bond motifs is 3. The summed E-state index contributed by atoms with van der Waals surface area (Å²) in [5.41, 5.74) is 2.25. The highest BCUT2D eigenvalue weighted by molar-refractivity contribution is 7.71. The number of halogens is 2. The van der Waals surface area contributed by atoms with Crippen molar-refractivity contribution in [1.82, 2.24) is 9.55 Å². The lowest BCUT2D eigenvalue weighted by molar-refractivity contribution is -0.136. The molecule has 2 aromatic rings. The number of hydrogen-bond donors (Lipinski definition) is 2. The minimum atomic E-state index is -0.842. The third kappa shape index (κ3) is 2.16. The van der Waals surface area contributed by atoms with Gasteiger partial charge in [0.2, 0.25) is 0 Å². The first-order valence-electron chi connectivity index (χ1n) is 7.41. The van der Waals surface area contributed by atoms with E-state index in [0.717, 1.165) is 17.8 Å². The molecule has 1 aliphatic heterocycles. The molecule has 120 valence electrons. The number of aromatic amines is 1. The lowest BCUT2D eigenvalue weighted by atomic mass is 9.93. The Morgan fingerprint density at radius 2 is 2.35 bits per heavy atom. The van der Waals surface area contributed by atoms with Gasteiger partial charge in [-0.15, -0.1) is 0 Å². The van der Waals surface area contributed by atoms with Crippen molar-refractivity contribution in [2.45, 2.75) is 37.1 Å². The van der Waals surface area contributed by atoms with Crippen LogP contribution in [0.2, 0.25) is 5.02 Å². The van der Waals surface area contributed by atoms with Crippen molar-refractivity contribution in [2.24, 2.45) is 0 Å². The number of nitrogens with zero attached hydrogens (tertiary/aromatic N) is 1.